The molecule has 2 unspecified atom stereocenters. The van der Waals surface area contributed by atoms with Gasteiger partial charge in [-0.2, -0.15) is 0 Å². The lowest BCUT2D eigenvalue weighted by Crippen LogP contribution is -2.36. The summed E-state index contributed by atoms with van der Waals surface area (Å²) in [5.41, 5.74) is 2.74. The van der Waals surface area contributed by atoms with Crippen molar-refractivity contribution in [2.45, 2.75) is 65.0 Å². The van der Waals surface area contributed by atoms with Gasteiger partial charge in [0.2, 0.25) is 0 Å². The van der Waals surface area contributed by atoms with Crippen LogP contribution < -0.4 is 5.32 Å². The lowest BCUT2D eigenvalue weighted by molar-refractivity contribution is 0.268. The van der Waals surface area contributed by atoms with Crippen molar-refractivity contribution < 1.29 is 0 Å². The normalized spacial score (nSPS) is 20.6. The van der Waals surface area contributed by atoms with Gasteiger partial charge >= 0.3 is 0 Å². The summed E-state index contributed by atoms with van der Waals surface area (Å²) in [6.45, 7) is 6.79. The Bertz CT molecular complexity index is 348. The van der Waals surface area contributed by atoms with Crippen LogP contribution in [-0.4, -0.2) is 6.04 Å². The largest absolute Gasteiger partial charge is 0.307 e. The standard InChI is InChI=1S/C17H27N/c1-13-9-11-17(12-10-13)15(3)18-14(2)16-7-5-4-6-8-16/h9-12,14-16,18H,4-8H2,1-3H3. The highest BCUT2D eigenvalue weighted by Crippen LogP contribution is 2.27. The Labute approximate surface area is 112 Å². The van der Waals surface area contributed by atoms with Crippen LogP contribution in [0.2, 0.25) is 0 Å². The van der Waals surface area contributed by atoms with Crippen molar-refractivity contribution in [3.8, 4) is 0 Å². The third-order valence-electron chi connectivity index (χ3n) is 4.45. The average Bonchev–Trinajstić information content (AvgIpc) is 2.40. The van der Waals surface area contributed by atoms with Crippen molar-refractivity contribution in [3.05, 3.63) is 35.4 Å². The molecule has 2 atom stereocenters. The van der Waals surface area contributed by atoms with Gasteiger partial charge < -0.3 is 5.32 Å². The molecule has 1 aromatic carbocycles. The second-order valence-corrected chi connectivity index (χ2v) is 5.99. The first-order chi connectivity index (χ1) is 8.66. The first-order valence-electron chi connectivity index (χ1n) is 7.49. The topological polar surface area (TPSA) is 12.0 Å². The van der Waals surface area contributed by atoms with Gasteiger partial charge in [0.25, 0.3) is 0 Å². The minimum Gasteiger partial charge on any atom is -0.307 e. The summed E-state index contributed by atoms with van der Waals surface area (Å²) in [6.07, 6.45) is 7.12. The Morgan fingerprint density at radius 1 is 1.00 bits per heavy atom. The highest BCUT2D eigenvalue weighted by Gasteiger charge is 2.21. The van der Waals surface area contributed by atoms with Crippen LogP contribution in [-0.2, 0) is 0 Å². The van der Waals surface area contributed by atoms with Crippen LogP contribution in [0.1, 0.15) is 63.1 Å². The smallest absolute Gasteiger partial charge is 0.0294 e. The molecule has 100 valence electrons. The predicted octanol–water partition coefficient (Wildman–Crippen LogP) is 4.61. The van der Waals surface area contributed by atoms with E-state index in [9.17, 15) is 0 Å². The number of hydrogen-bond acceptors (Lipinski definition) is 1. The van der Waals surface area contributed by atoms with Crippen molar-refractivity contribution in [1.82, 2.24) is 5.32 Å². The maximum absolute atomic E-state index is 3.79. The van der Waals surface area contributed by atoms with E-state index in [0.29, 0.717) is 12.1 Å². The molecule has 1 heteroatoms. The molecule has 1 aliphatic rings. The van der Waals surface area contributed by atoms with Crippen LogP contribution in [0, 0.1) is 12.8 Å². The number of benzene rings is 1. The third kappa shape index (κ3) is 3.58. The molecule has 18 heavy (non-hydrogen) atoms. The van der Waals surface area contributed by atoms with Gasteiger partial charge in [-0.05, 0) is 45.1 Å². The summed E-state index contributed by atoms with van der Waals surface area (Å²) in [5, 5.41) is 3.79. The predicted molar refractivity (Wildman–Crippen MR) is 78.8 cm³/mol. The van der Waals surface area contributed by atoms with E-state index >= 15 is 0 Å². The minimum absolute atomic E-state index is 0.461. The Kier molecular flexibility index (Phi) is 4.82. The molecule has 2 rings (SSSR count). The fraction of sp³-hybridized carbons (Fsp3) is 0.647. The molecule has 0 saturated heterocycles. The maximum atomic E-state index is 3.79. The zero-order valence-electron chi connectivity index (χ0n) is 12.1. The molecule has 0 heterocycles. The molecule has 0 aliphatic heterocycles. The van der Waals surface area contributed by atoms with Crippen LogP contribution in [0.5, 0.6) is 0 Å². The first-order valence-corrected chi connectivity index (χ1v) is 7.49. The Balaban J connectivity index is 1.89. The van der Waals surface area contributed by atoms with Gasteiger partial charge in [-0.1, -0.05) is 49.1 Å². The zero-order valence-corrected chi connectivity index (χ0v) is 12.1. The Morgan fingerprint density at radius 3 is 2.22 bits per heavy atom. The number of rotatable bonds is 4. The Hall–Kier alpha value is -0.820. The van der Waals surface area contributed by atoms with Crippen molar-refractivity contribution >= 4 is 0 Å². The SMILES string of the molecule is Cc1ccc(C(C)NC(C)C2CCCCC2)cc1. The molecule has 0 radical (unpaired) electrons. The molecule has 1 fully saturated rings. The molecule has 1 aliphatic carbocycles. The molecule has 0 bridgehead atoms. The zero-order chi connectivity index (χ0) is 13.0. The molecule has 1 nitrogen and oxygen atoms in total. The van der Waals surface area contributed by atoms with Gasteiger partial charge in [0.05, 0.1) is 0 Å². The van der Waals surface area contributed by atoms with Crippen LogP contribution in [0.4, 0.5) is 0 Å². The summed E-state index contributed by atoms with van der Waals surface area (Å²) in [7, 11) is 0. The monoisotopic (exact) mass is 245 g/mol. The van der Waals surface area contributed by atoms with E-state index in [0.717, 1.165) is 5.92 Å². The molecule has 0 aromatic heterocycles. The first kappa shape index (κ1) is 13.6. The van der Waals surface area contributed by atoms with Gasteiger partial charge in [-0.3, -0.25) is 0 Å². The van der Waals surface area contributed by atoms with Crippen molar-refractivity contribution in [3.63, 3.8) is 0 Å². The highest BCUT2D eigenvalue weighted by atomic mass is 14.9. The molecule has 0 spiro atoms. The number of aryl methyl sites for hydroxylation is 1. The molecule has 1 aromatic rings. The third-order valence-corrected chi connectivity index (χ3v) is 4.45. The fourth-order valence-corrected chi connectivity index (χ4v) is 3.12. The molecule has 1 saturated carbocycles. The van der Waals surface area contributed by atoms with E-state index in [1.54, 1.807) is 0 Å². The summed E-state index contributed by atoms with van der Waals surface area (Å²) in [5.74, 6) is 0.881. The van der Waals surface area contributed by atoms with E-state index in [1.165, 1.54) is 43.2 Å². The molecular formula is C17H27N. The van der Waals surface area contributed by atoms with Crippen molar-refractivity contribution in [1.29, 1.82) is 0 Å². The van der Waals surface area contributed by atoms with Gasteiger partial charge in [0.15, 0.2) is 0 Å². The Morgan fingerprint density at radius 2 is 1.61 bits per heavy atom. The van der Waals surface area contributed by atoms with Crippen molar-refractivity contribution in [2.24, 2.45) is 5.92 Å². The second kappa shape index (κ2) is 6.38. The van der Waals surface area contributed by atoms with Crippen LogP contribution in [0.3, 0.4) is 0 Å². The lowest BCUT2D eigenvalue weighted by Gasteiger charge is -2.30. The lowest BCUT2D eigenvalue weighted by atomic mass is 9.84. The second-order valence-electron chi connectivity index (χ2n) is 5.99. The minimum atomic E-state index is 0.461. The summed E-state index contributed by atoms with van der Waals surface area (Å²) >= 11 is 0. The van der Waals surface area contributed by atoms with Crippen molar-refractivity contribution in [2.75, 3.05) is 0 Å². The van der Waals surface area contributed by atoms with Gasteiger partial charge in [-0.15, -0.1) is 0 Å². The summed E-state index contributed by atoms with van der Waals surface area (Å²) in [4.78, 5) is 0. The van der Waals surface area contributed by atoms with Crippen LogP contribution >= 0.6 is 0 Å². The quantitative estimate of drug-likeness (QED) is 0.816. The van der Waals surface area contributed by atoms with E-state index in [4.69, 9.17) is 0 Å². The van der Waals surface area contributed by atoms with Crippen LogP contribution in [0.15, 0.2) is 24.3 Å². The average molecular weight is 245 g/mol. The number of nitrogens with one attached hydrogen (secondary N) is 1. The number of hydrogen-bond donors (Lipinski definition) is 1. The highest BCUT2D eigenvalue weighted by molar-refractivity contribution is 5.23. The van der Waals surface area contributed by atoms with E-state index in [2.05, 4.69) is 50.4 Å². The van der Waals surface area contributed by atoms with Gasteiger partial charge in [0, 0.05) is 12.1 Å². The van der Waals surface area contributed by atoms with E-state index in [1.807, 2.05) is 0 Å². The maximum Gasteiger partial charge on any atom is 0.0294 e. The van der Waals surface area contributed by atoms with Gasteiger partial charge in [0.1, 0.15) is 0 Å². The summed E-state index contributed by atoms with van der Waals surface area (Å²) < 4.78 is 0. The van der Waals surface area contributed by atoms with E-state index < -0.39 is 0 Å². The van der Waals surface area contributed by atoms with E-state index in [-0.39, 0.29) is 0 Å². The molecular weight excluding hydrogens is 218 g/mol. The fourth-order valence-electron chi connectivity index (χ4n) is 3.12. The van der Waals surface area contributed by atoms with Gasteiger partial charge in [-0.25, -0.2) is 0 Å². The summed E-state index contributed by atoms with van der Waals surface area (Å²) in [6, 6.07) is 10.0. The molecule has 1 N–H and O–H groups in total. The van der Waals surface area contributed by atoms with Crippen LogP contribution in [0.25, 0.3) is 0 Å². The molecule has 0 amide bonds.